The van der Waals surface area contributed by atoms with E-state index in [1.807, 2.05) is 13.8 Å². The number of hydrogen-bond donors (Lipinski definition) is 1. The molecule has 0 bridgehead atoms. The number of nitrogens with zero attached hydrogens (tertiary/aromatic N) is 1. The molecule has 0 unspecified atom stereocenters. The Balaban J connectivity index is 2.91. The van der Waals surface area contributed by atoms with Crippen LogP contribution in [0.5, 0.6) is 0 Å². The van der Waals surface area contributed by atoms with Crippen LogP contribution in [0.4, 0.5) is 0 Å². The van der Waals surface area contributed by atoms with Crippen molar-refractivity contribution in [3.8, 4) is 0 Å². The molecule has 0 radical (unpaired) electrons. The Hall–Kier alpha value is -0.130. The fourth-order valence-electron chi connectivity index (χ4n) is 3.03. The fraction of sp³-hybridized carbons (Fsp3) is 1.00. The topological polar surface area (TPSA) is 63.4 Å². The second-order valence-corrected chi connectivity index (χ2v) is 7.34. The van der Waals surface area contributed by atoms with Crippen molar-refractivity contribution in [1.29, 1.82) is 0 Å². The van der Waals surface area contributed by atoms with E-state index >= 15 is 0 Å². The quantitative estimate of drug-likeness (QED) is 0.774. The van der Waals surface area contributed by atoms with Crippen LogP contribution in [0.25, 0.3) is 0 Å². The number of sulfonamides is 1. The summed E-state index contributed by atoms with van der Waals surface area (Å²) in [6.07, 6.45) is 6.87. The van der Waals surface area contributed by atoms with Crippen molar-refractivity contribution < 1.29 is 8.42 Å². The highest BCUT2D eigenvalue weighted by molar-refractivity contribution is 7.89. The van der Waals surface area contributed by atoms with Crippen LogP contribution in [-0.2, 0) is 10.0 Å². The Labute approximate surface area is 112 Å². The average molecular weight is 276 g/mol. The summed E-state index contributed by atoms with van der Waals surface area (Å²) in [6, 6.07) is 0. The molecule has 4 nitrogen and oxygen atoms in total. The predicted octanol–water partition coefficient (Wildman–Crippen LogP) is 2.10. The third kappa shape index (κ3) is 3.45. The summed E-state index contributed by atoms with van der Waals surface area (Å²) in [5.41, 5.74) is 5.63. The molecule has 1 aliphatic carbocycles. The maximum Gasteiger partial charge on any atom is 0.214 e. The molecule has 1 fully saturated rings. The Kier molecular flexibility index (Phi) is 6.08. The van der Waals surface area contributed by atoms with Gasteiger partial charge in [0, 0.05) is 18.6 Å². The van der Waals surface area contributed by atoms with E-state index in [9.17, 15) is 8.42 Å². The average Bonchev–Trinajstić information content (AvgIpc) is 2.38. The lowest BCUT2D eigenvalue weighted by Crippen LogP contribution is -2.57. The highest BCUT2D eigenvalue weighted by Gasteiger charge is 2.41. The van der Waals surface area contributed by atoms with Gasteiger partial charge in [-0.1, -0.05) is 39.5 Å². The Morgan fingerprint density at radius 3 is 2.22 bits per heavy atom. The van der Waals surface area contributed by atoms with E-state index in [-0.39, 0.29) is 11.3 Å². The van der Waals surface area contributed by atoms with Gasteiger partial charge < -0.3 is 5.73 Å². The fourth-order valence-corrected chi connectivity index (χ4v) is 5.14. The van der Waals surface area contributed by atoms with Gasteiger partial charge in [0.1, 0.15) is 0 Å². The molecular weight excluding hydrogens is 248 g/mol. The maximum absolute atomic E-state index is 12.5. The molecule has 1 aliphatic rings. The molecule has 0 aromatic heterocycles. The zero-order valence-electron chi connectivity index (χ0n) is 11.8. The Bertz CT molecular complexity index is 335. The normalized spacial score (nSPS) is 20.2. The zero-order valence-corrected chi connectivity index (χ0v) is 12.6. The standard InChI is InChI=1S/C13H28N2O2S/c1-3-5-11-18(16,17)15(4-2)13(12-14)9-7-6-8-10-13/h3-12,14H2,1-2H3. The van der Waals surface area contributed by atoms with Crippen molar-refractivity contribution in [2.45, 2.75) is 64.3 Å². The molecule has 18 heavy (non-hydrogen) atoms. The van der Waals surface area contributed by atoms with E-state index in [4.69, 9.17) is 5.73 Å². The summed E-state index contributed by atoms with van der Waals surface area (Å²) in [7, 11) is -3.15. The molecule has 0 atom stereocenters. The lowest BCUT2D eigenvalue weighted by atomic mass is 9.81. The smallest absolute Gasteiger partial charge is 0.214 e. The maximum atomic E-state index is 12.5. The summed E-state index contributed by atoms with van der Waals surface area (Å²) in [5.74, 6) is 0.263. The summed E-state index contributed by atoms with van der Waals surface area (Å²) in [6.45, 7) is 4.94. The lowest BCUT2D eigenvalue weighted by Gasteiger charge is -2.44. The minimum atomic E-state index is -3.15. The van der Waals surface area contributed by atoms with E-state index < -0.39 is 10.0 Å². The number of hydrogen-bond acceptors (Lipinski definition) is 3. The summed E-state index contributed by atoms with van der Waals surface area (Å²) in [5, 5.41) is 0. The van der Waals surface area contributed by atoms with E-state index in [0.717, 1.165) is 38.5 Å². The third-order valence-electron chi connectivity index (χ3n) is 4.07. The first-order valence-corrected chi connectivity index (χ1v) is 8.84. The molecule has 0 spiro atoms. The summed E-state index contributed by atoms with van der Waals surface area (Å²) in [4.78, 5) is 0. The molecule has 1 saturated carbocycles. The van der Waals surface area contributed by atoms with Crippen molar-refractivity contribution >= 4 is 10.0 Å². The Morgan fingerprint density at radius 2 is 1.78 bits per heavy atom. The molecule has 0 aromatic rings. The van der Waals surface area contributed by atoms with Gasteiger partial charge >= 0.3 is 0 Å². The zero-order chi connectivity index (χ0) is 13.6. The molecule has 2 N–H and O–H groups in total. The van der Waals surface area contributed by atoms with Gasteiger partial charge in [0.15, 0.2) is 0 Å². The molecule has 1 rings (SSSR count). The second kappa shape index (κ2) is 6.87. The Morgan fingerprint density at radius 1 is 1.17 bits per heavy atom. The molecule has 0 heterocycles. The summed E-state index contributed by atoms with van der Waals surface area (Å²) < 4.78 is 26.6. The van der Waals surface area contributed by atoms with Crippen LogP contribution in [-0.4, -0.2) is 37.1 Å². The molecule has 5 heteroatoms. The van der Waals surface area contributed by atoms with Crippen LogP contribution in [0, 0.1) is 0 Å². The first kappa shape index (κ1) is 15.9. The van der Waals surface area contributed by atoms with Gasteiger partial charge in [0.25, 0.3) is 0 Å². The van der Waals surface area contributed by atoms with E-state index in [1.54, 1.807) is 4.31 Å². The molecule has 108 valence electrons. The van der Waals surface area contributed by atoms with Gasteiger partial charge in [0.2, 0.25) is 10.0 Å². The van der Waals surface area contributed by atoms with Gasteiger partial charge in [-0.05, 0) is 19.3 Å². The van der Waals surface area contributed by atoms with Gasteiger partial charge in [-0.25, -0.2) is 8.42 Å². The van der Waals surface area contributed by atoms with Gasteiger partial charge in [-0.15, -0.1) is 0 Å². The van der Waals surface area contributed by atoms with Crippen LogP contribution >= 0.6 is 0 Å². The van der Waals surface area contributed by atoms with Crippen LogP contribution < -0.4 is 5.73 Å². The lowest BCUT2D eigenvalue weighted by molar-refractivity contribution is 0.141. The molecular formula is C13H28N2O2S. The van der Waals surface area contributed by atoms with Crippen molar-refractivity contribution in [2.75, 3.05) is 18.8 Å². The number of unbranched alkanes of at least 4 members (excludes halogenated alkanes) is 1. The minimum Gasteiger partial charge on any atom is -0.329 e. The molecule has 0 aliphatic heterocycles. The molecule has 0 saturated heterocycles. The third-order valence-corrected chi connectivity index (χ3v) is 6.19. The van der Waals surface area contributed by atoms with Gasteiger partial charge in [-0.2, -0.15) is 4.31 Å². The largest absolute Gasteiger partial charge is 0.329 e. The van der Waals surface area contributed by atoms with Crippen LogP contribution in [0.3, 0.4) is 0 Å². The van der Waals surface area contributed by atoms with Crippen LogP contribution in [0.2, 0.25) is 0 Å². The van der Waals surface area contributed by atoms with Crippen molar-refractivity contribution in [3.05, 3.63) is 0 Å². The van der Waals surface area contributed by atoms with Crippen molar-refractivity contribution in [1.82, 2.24) is 4.31 Å². The van der Waals surface area contributed by atoms with E-state index in [1.165, 1.54) is 6.42 Å². The van der Waals surface area contributed by atoms with E-state index in [2.05, 4.69) is 0 Å². The predicted molar refractivity (Wildman–Crippen MR) is 75.9 cm³/mol. The SMILES string of the molecule is CCCCS(=O)(=O)N(CC)C1(CN)CCCCC1. The van der Waals surface area contributed by atoms with Crippen molar-refractivity contribution in [2.24, 2.45) is 5.73 Å². The van der Waals surface area contributed by atoms with Crippen molar-refractivity contribution in [3.63, 3.8) is 0 Å². The number of rotatable bonds is 7. The molecule has 0 aromatic carbocycles. The summed E-state index contributed by atoms with van der Waals surface area (Å²) >= 11 is 0. The second-order valence-electron chi connectivity index (χ2n) is 5.32. The van der Waals surface area contributed by atoms with E-state index in [0.29, 0.717) is 13.1 Å². The number of likely N-dealkylation sites (N-methyl/N-ethyl adjacent to an activating group) is 1. The first-order valence-electron chi connectivity index (χ1n) is 7.23. The molecule has 0 amide bonds. The number of nitrogens with two attached hydrogens (primary N) is 1. The van der Waals surface area contributed by atoms with Crippen LogP contribution in [0.15, 0.2) is 0 Å². The highest BCUT2D eigenvalue weighted by Crippen LogP contribution is 2.34. The highest BCUT2D eigenvalue weighted by atomic mass is 32.2. The van der Waals surface area contributed by atoms with Crippen LogP contribution in [0.1, 0.15) is 58.8 Å². The van der Waals surface area contributed by atoms with Gasteiger partial charge in [-0.3, -0.25) is 0 Å². The van der Waals surface area contributed by atoms with Gasteiger partial charge in [0.05, 0.1) is 5.75 Å². The monoisotopic (exact) mass is 276 g/mol. The first-order chi connectivity index (χ1) is 8.52. The minimum absolute atomic E-state index is 0.263.